The predicted molar refractivity (Wildman–Crippen MR) is 79.5 cm³/mol. The molecule has 0 aromatic heterocycles. The second-order valence-corrected chi connectivity index (χ2v) is 5.43. The van der Waals surface area contributed by atoms with Crippen molar-refractivity contribution < 1.29 is 19.1 Å². The van der Waals surface area contributed by atoms with Gasteiger partial charge >= 0.3 is 12.0 Å². The number of carbonyl (C=O) groups excluding carboxylic acids is 1. The summed E-state index contributed by atoms with van der Waals surface area (Å²) in [5.74, 6) is -1.47. The number of amides is 2. The van der Waals surface area contributed by atoms with Crippen LogP contribution in [0.2, 0.25) is 10.0 Å². The highest BCUT2D eigenvalue weighted by atomic mass is 35.5. The third-order valence-electron chi connectivity index (χ3n) is 2.71. The summed E-state index contributed by atoms with van der Waals surface area (Å²) < 4.78 is 13.0. The Bertz CT molecular complexity index is 517. The van der Waals surface area contributed by atoms with Crippen LogP contribution in [-0.2, 0) is 4.79 Å². The molecule has 2 amide bonds. The van der Waals surface area contributed by atoms with E-state index >= 15 is 0 Å². The zero-order valence-electron chi connectivity index (χ0n) is 11.3. The number of carbonyl (C=O) groups is 2. The highest BCUT2D eigenvalue weighted by Gasteiger charge is 2.12. The van der Waals surface area contributed by atoms with Crippen molar-refractivity contribution in [3.05, 3.63) is 28.0 Å². The van der Waals surface area contributed by atoms with Crippen molar-refractivity contribution in [2.24, 2.45) is 5.92 Å². The minimum absolute atomic E-state index is 0.00549. The summed E-state index contributed by atoms with van der Waals surface area (Å²) in [6, 6.07) is 1.53. The number of rotatable bonds is 6. The molecule has 0 radical (unpaired) electrons. The molecule has 1 rings (SSSR count). The first-order valence-electron chi connectivity index (χ1n) is 6.20. The SMILES string of the molecule is CC(CCC(=O)O)CNC(=O)Nc1c(Cl)cc(F)cc1Cl. The molecule has 1 unspecified atom stereocenters. The first-order chi connectivity index (χ1) is 9.79. The van der Waals surface area contributed by atoms with Crippen LogP contribution in [0.1, 0.15) is 19.8 Å². The molecule has 0 spiro atoms. The number of hydrogen-bond acceptors (Lipinski definition) is 2. The van der Waals surface area contributed by atoms with Crippen LogP contribution in [0.25, 0.3) is 0 Å². The van der Waals surface area contributed by atoms with Gasteiger partial charge in [0.25, 0.3) is 0 Å². The van der Waals surface area contributed by atoms with E-state index in [-0.39, 0.29) is 28.1 Å². The molecule has 8 heteroatoms. The average molecular weight is 337 g/mol. The standard InChI is InChI=1S/C13H15Cl2FN2O3/c1-7(2-3-11(19)20)6-17-13(21)18-12-9(14)4-8(16)5-10(12)15/h4-5,7H,2-3,6H2,1H3,(H,19,20)(H2,17,18,21). The summed E-state index contributed by atoms with van der Waals surface area (Å²) in [6.07, 6.45) is 0.494. The fraction of sp³-hybridized carbons (Fsp3) is 0.385. The van der Waals surface area contributed by atoms with E-state index in [0.717, 1.165) is 12.1 Å². The lowest BCUT2D eigenvalue weighted by Gasteiger charge is -2.13. The van der Waals surface area contributed by atoms with Crippen LogP contribution in [-0.4, -0.2) is 23.7 Å². The number of anilines is 1. The monoisotopic (exact) mass is 336 g/mol. The molecule has 0 fully saturated rings. The normalized spacial score (nSPS) is 11.8. The molecule has 0 saturated heterocycles. The maximum atomic E-state index is 13.0. The topological polar surface area (TPSA) is 78.4 Å². The van der Waals surface area contributed by atoms with Crippen LogP contribution in [0.5, 0.6) is 0 Å². The highest BCUT2D eigenvalue weighted by molar-refractivity contribution is 6.39. The zero-order valence-corrected chi connectivity index (χ0v) is 12.8. The van der Waals surface area contributed by atoms with Crippen LogP contribution in [0.4, 0.5) is 14.9 Å². The molecule has 1 atom stereocenters. The molecular formula is C13H15Cl2FN2O3. The maximum Gasteiger partial charge on any atom is 0.319 e. The molecule has 21 heavy (non-hydrogen) atoms. The van der Waals surface area contributed by atoms with Gasteiger partial charge in [0.05, 0.1) is 15.7 Å². The highest BCUT2D eigenvalue weighted by Crippen LogP contribution is 2.31. The lowest BCUT2D eigenvalue weighted by molar-refractivity contribution is -0.137. The fourth-order valence-electron chi connectivity index (χ4n) is 1.56. The Morgan fingerprint density at radius 3 is 2.43 bits per heavy atom. The van der Waals surface area contributed by atoms with Crippen LogP contribution in [0.15, 0.2) is 12.1 Å². The minimum atomic E-state index is -0.879. The van der Waals surface area contributed by atoms with Gasteiger partial charge in [0, 0.05) is 13.0 Å². The molecule has 3 N–H and O–H groups in total. The van der Waals surface area contributed by atoms with Gasteiger partial charge in [-0.05, 0) is 24.5 Å². The van der Waals surface area contributed by atoms with Crippen LogP contribution >= 0.6 is 23.2 Å². The number of nitrogens with one attached hydrogen (secondary N) is 2. The fourth-order valence-corrected chi connectivity index (χ4v) is 2.11. The van der Waals surface area contributed by atoms with Crippen LogP contribution in [0, 0.1) is 11.7 Å². The van der Waals surface area contributed by atoms with Gasteiger partial charge in [-0.15, -0.1) is 0 Å². The van der Waals surface area contributed by atoms with Gasteiger partial charge in [-0.2, -0.15) is 0 Å². The van der Waals surface area contributed by atoms with E-state index in [2.05, 4.69) is 10.6 Å². The molecule has 1 aromatic rings. The molecule has 0 bridgehead atoms. The van der Waals surface area contributed by atoms with Crippen molar-refractivity contribution in [3.8, 4) is 0 Å². The van der Waals surface area contributed by atoms with Gasteiger partial charge in [-0.25, -0.2) is 9.18 Å². The van der Waals surface area contributed by atoms with E-state index < -0.39 is 17.8 Å². The molecule has 1 aromatic carbocycles. The summed E-state index contributed by atoms with van der Waals surface area (Å²) in [7, 11) is 0. The molecule has 0 aliphatic rings. The Morgan fingerprint density at radius 2 is 1.90 bits per heavy atom. The van der Waals surface area contributed by atoms with Gasteiger partial charge in [0.15, 0.2) is 0 Å². The van der Waals surface area contributed by atoms with E-state index in [9.17, 15) is 14.0 Å². The summed E-state index contributed by atoms with van der Waals surface area (Å²) in [5, 5.41) is 13.5. The summed E-state index contributed by atoms with van der Waals surface area (Å²) in [5.41, 5.74) is 0.121. The number of benzene rings is 1. The second-order valence-electron chi connectivity index (χ2n) is 4.62. The molecule has 0 saturated carbocycles. The Labute approximate surface area is 131 Å². The van der Waals surface area contributed by atoms with Crippen molar-refractivity contribution in [2.45, 2.75) is 19.8 Å². The van der Waals surface area contributed by atoms with Gasteiger partial charge < -0.3 is 15.7 Å². The number of carboxylic acids is 1. The number of urea groups is 1. The van der Waals surface area contributed by atoms with Gasteiger partial charge in [-0.1, -0.05) is 30.1 Å². The van der Waals surface area contributed by atoms with Crippen molar-refractivity contribution in [1.82, 2.24) is 5.32 Å². The van der Waals surface area contributed by atoms with E-state index in [1.165, 1.54) is 0 Å². The average Bonchev–Trinajstić information content (AvgIpc) is 2.38. The molecule has 5 nitrogen and oxygen atoms in total. The number of hydrogen-bond donors (Lipinski definition) is 3. The van der Waals surface area contributed by atoms with Gasteiger partial charge in [-0.3, -0.25) is 4.79 Å². The van der Waals surface area contributed by atoms with Crippen LogP contribution < -0.4 is 10.6 Å². The van der Waals surface area contributed by atoms with Crippen molar-refractivity contribution in [1.29, 1.82) is 0 Å². The third kappa shape index (κ3) is 6.18. The van der Waals surface area contributed by atoms with Gasteiger partial charge in [0.1, 0.15) is 5.82 Å². The van der Waals surface area contributed by atoms with E-state index in [1.807, 2.05) is 6.92 Å². The van der Waals surface area contributed by atoms with Crippen molar-refractivity contribution in [2.75, 3.05) is 11.9 Å². The Kier molecular flexibility index (Phi) is 6.71. The quantitative estimate of drug-likeness (QED) is 0.740. The van der Waals surface area contributed by atoms with E-state index in [4.69, 9.17) is 28.3 Å². The first-order valence-corrected chi connectivity index (χ1v) is 6.96. The zero-order chi connectivity index (χ0) is 16.0. The molecule has 116 valence electrons. The minimum Gasteiger partial charge on any atom is -0.481 e. The third-order valence-corrected chi connectivity index (χ3v) is 3.30. The number of aliphatic carboxylic acids is 1. The molecule has 0 aliphatic heterocycles. The summed E-state index contributed by atoms with van der Waals surface area (Å²) in [6.45, 7) is 2.12. The molecule has 0 aliphatic carbocycles. The van der Waals surface area contributed by atoms with Gasteiger partial charge in [0.2, 0.25) is 0 Å². The predicted octanol–water partition coefficient (Wildman–Crippen LogP) is 3.75. The lowest BCUT2D eigenvalue weighted by atomic mass is 10.1. The summed E-state index contributed by atoms with van der Waals surface area (Å²) in [4.78, 5) is 22.1. The Balaban J connectivity index is 2.49. The smallest absolute Gasteiger partial charge is 0.319 e. The number of halogens is 3. The van der Waals surface area contributed by atoms with E-state index in [1.54, 1.807) is 0 Å². The van der Waals surface area contributed by atoms with Crippen molar-refractivity contribution in [3.63, 3.8) is 0 Å². The van der Waals surface area contributed by atoms with Crippen LogP contribution in [0.3, 0.4) is 0 Å². The largest absolute Gasteiger partial charge is 0.481 e. The first kappa shape index (κ1) is 17.5. The Morgan fingerprint density at radius 1 is 1.33 bits per heavy atom. The lowest BCUT2D eigenvalue weighted by Crippen LogP contribution is -2.32. The maximum absolute atomic E-state index is 13.0. The summed E-state index contributed by atoms with van der Waals surface area (Å²) >= 11 is 11.6. The molecular weight excluding hydrogens is 322 g/mol. The Hall–Kier alpha value is -1.53. The van der Waals surface area contributed by atoms with E-state index in [0.29, 0.717) is 13.0 Å². The van der Waals surface area contributed by atoms with Crippen molar-refractivity contribution >= 4 is 40.9 Å². The molecule has 0 heterocycles. The number of carboxylic acid groups (broad SMARTS) is 1. The second kappa shape index (κ2) is 8.05.